The summed E-state index contributed by atoms with van der Waals surface area (Å²) in [6.07, 6.45) is 0. The Kier molecular flexibility index (Phi) is 5.37. The SMILES string of the molecule is C[C@@H]1CN([CH]c2ccccc2)[C@@H](C)CN1Cc1cccc(Cl)c1. The van der Waals surface area contributed by atoms with Crippen LogP contribution in [0, 0.1) is 6.54 Å². The molecule has 0 aromatic heterocycles. The normalized spacial score (nSPS) is 23.1. The van der Waals surface area contributed by atoms with Crippen LogP contribution in [-0.2, 0) is 6.54 Å². The molecule has 0 aliphatic carbocycles. The fraction of sp³-hybridized carbons (Fsp3) is 0.350. The van der Waals surface area contributed by atoms with Gasteiger partial charge in [-0.3, -0.25) is 9.80 Å². The Labute approximate surface area is 144 Å². The molecule has 2 atom stereocenters. The molecule has 121 valence electrons. The zero-order valence-electron chi connectivity index (χ0n) is 13.8. The molecule has 3 heteroatoms. The molecule has 1 fully saturated rings. The highest BCUT2D eigenvalue weighted by molar-refractivity contribution is 6.30. The zero-order valence-corrected chi connectivity index (χ0v) is 14.6. The van der Waals surface area contributed by atoms with Crippen molar-refractivity contribution in [1.29, 1.82) is 0 Å². The quantitative estimate of drug-likeness (QED) is 0.819. The smallest absolute Gasteiger partial charge is 0.0549 e. The summed E-state index contributed by atoms with van der Waals surface area (Å²) in [6.45, 7) is 9.98. The van der Waals surface area contributed by atoms with Gasteiger partial charge in [0.15, 0.2) is 0 Å². The molecular formula is C20H24ClN2. The lowest BCUT2D eigenvalue weighted by Crippen LogP contribution is -2.54. The van der Waals surface area contributed by atoms with Crippen LogP contribution in [0.25, 0.3) is 0 Å². The summed E-state index contributed by atoms with van der Waals surface area (Å²) >= 11 is 6.11. The highest BCUT2D eigenvalue weighted by Gasteiger charge is 2.29. The van der Waals surface area contributed by atoms with Gasteiger partial charge in [0.1, 0.15) is 0 Å². The summed E-state index contributed by atoms with van der Waals surface area (Å²) in [5.41, 5.74) is 2.56. The van der Waals surface area contributed by atoms with E-state index in [0.29, 0.717) is 12.1 Å². The maximum atomic E-state index is 6.11. The minimum Gasteiger partial charge on any atom is -0.294 e. The van der Waals surface area contributed by atoms with Crippen molar-refractivity contribution in [2.45, 2.75) is 32.5 Å². The van der Waals surface area contributed by atoms with Gasteiger partial charge in [0, 0.05) is 36.7 Å². The lowest BCUT2D eigenvalue weighted by molar-refractivity contribution is 0.0585. The summed E-state index contributed by atoms with van der Waals surface area (Å²) < 4.78 is 0. The maximum absolute atomic E-state index is 6.11. The van der Waals surface area contributed by atoms with Crippen LogP contribution >= 0.6 is 11.6 Å². The predicted molar refractivity (Wildman–Crippen MR) is 97.3 cm³/mol. The summed E-state index contributed by atoms with van der Waals surface area (Å²) in [7, 11) is 0. The second-order valence-corrected chi connectivity index (χ2v) is 6.93. The Bertz CT molecular complexity index is 629. The van der Waals surface area contributed by atoms with Crippen molar-refractivity contribution in [2.24, 2.45) is 0 Å². The molecule has 1 aliphatic rings. The lowest BCUT2D eigenvalue weighted by Gasteiger charge is -2.44. The number of nitrogens with zero attached hydrogens (tertiary/aromatic N) is 2. The van der Waals surface area contributed by atoms with E-state index in [4.69, 9.17) is 11.6 Å². The highest BCUT2D eigenvalue weighted by Crippen LogP contribution is 2.22. The van der Waals surface area contributed by atoms with Crippen molar-refractivity contribution in [3.8, 4) is 0 Å². The van der Waals surface area contributed by atoms with E-state index in [2.05, 4.69) is 72.7 Å². The third-order valence-electron chi connectivity index (χ3n) is 4.55. The molecule has 2 aromatic carbocycles. The molecule has 1 heterocycles. The van der Waals surface area contributed by atoms with Gasteiger partial charge in [-0.05, 0) is 37.1 Å². The van der Waals surface area contributed by atoms with Gasteiger partial charge in [-0.1, -0.05) is 54.1 Å². The predicted octanol–water partition coefficient (Wildman–Crippen LogP) is 4.44. The van der Waals surface area contributed by atoms with E-state index in [1.54, 1.807) is 0 Å². The Balaban J connectivity index is 1.62. The summed E-state index contributed by atoms with van der Waals surface area (Å²) in [6, 6.07) is 19.8. The third-order valence-corrected chi connectivity index (χ3v) is 4.79. The zero-order chi connectivity index (χ0) is 16.2. The first-order valence-electron chi connectivity index (χ1n) is 8.26. The van der Waals surface area contributed by atoms with Crippen molar-refractivity contribution >= 4 is 11.6 Å². The van der Waals surface area contributed by atoms with Crippen molar-refractivity contribution in [1.82, 2.24) is 9.80 Å². The first-order valence-corrected chi connectivity index (χ1v) is 8.64. The molecule has 0 unspecified atom stereocenters. The van der Waals surface area contributed by atoms with E-state index < -0.39 is 0 Å². The molecule has 1 saturated heterocycles. The van der Waals surface area contributed by atoms with E-state index in [9.17, 15) is 0 Å². The molecule has 1 aliphatic heterocycles. The van der Waals surface area contributed by atoms with E-state index in [1.165, 1.54) is 11.1 Å². The monoisotopic (exact) mass is 327 g/mol. The molecule has 3 rings (SSSR count). The van der Waals surface area contributed by atoms with Crippen LogP contribution in [0.5, 0.6) is 0 Å². The van der Waals surface area contributed by atoms with Crippen LogP contribution in [0.3, 0.4) is 0 Å². The van der Waals surface area contributed by atoms with Crippen molar-refractivity contribution in [3.63, 3.8) is 0 Å². The second kappa shape index (κ2) is 7.48. The Morgan fingerprint density at radius 1 is 1.00 bits per heavy atom. The van der Waals surface area contributed by atoms with E-state index in [-0.39, 0.29) is 0 Å². The molecular weight excluding hydrogens is 304 g/mol. The van der Waals surface area contributed by atoms with Gasteiger partial charge < -0.3 is 0 Å². The van der Waals surface area contributed by atoms with Crippen LogP contribution in [-0.4, -0.2) is 35.0 Å². The van der Waals surface area contributed by atoms with E-state index in [0.717, 1.165) is 24.7 Å². The molecule has 2 nitrogen and oxygen atoms in total. The third kappa shape index (κ3) is 4.35. The molecule has 23 heavy (non-hydrogen) atoms. The van der Waals surface area contributed by atoms with E-state index in [1.807, 2.05) is 12.1 Å². The topological polar surface area (TPSA) is 6.48 Å². The highest BCUT2D eigenvalue weighted by atomic mass is 35.5. The van der Waals surface area contributed by atoms with Gasteiger partial charge in [0.25, 0.3) is 0 Å². The summed E-state index contributed by atoms with van der Waals surface area (Å²) in [5.74, 6) is 0. The average molecular weight is 328 g/mol. The van der Waals surface area contributed by atoms with Gasteiger partial charge in [-0.25, -0.2) is 0 Å². The van der Waals surface area contributed by atoms with Gasteiger partial charge in [-0.2, -0.15) is 0 Å². The number of hydrogen-bond acceptors (Lipinski definition) is 2. The minimum absolute atomic E-state index is 0.505. The molecule has 2 aromatic rings. The van der Waals surface area contributed by atoms with Crippen molar-refractivity contribution in [2.75, 3.05) is 13.1 Å². The van der Waals surface area contributed by atoms with Crippen LogP contribution in [0.4, 0.5) is 0 Å². The largest absolute Gasteiger partial charge is 0.294 e. The minimum atomic E-state index is 0.505. The molecule has 1 radical (unpaired) electrons. The number of hydrogen-bond donors (Lipinski definition) is 0. The molecule has 0 spiro atoms. The van der Waals surface area contributed by atoms with E-state index >= 15 is 0 Å². The van der Waals surface area contributed by atoms with Crippen molar-refractivity contribution < 1.29 is 0 Å². The first kappa shape index (κ1) is 16.5. The first-order chi connectivity index (χ1) is 11.1. The van der Waals surface area contributed by atoms with Gasteiger partial charge in [0.2, 0.25) is 0 Å². The van der Waals surface area contributed by atoms with Crippen molar-refractivity contribution in [3.05, 3.63) is 77.3 Å². The number of benzene rings is 2. The molecule has 0 saturated carbocycles. The number of halogens is 1. The fourth-order valence-electron chi connectivity index (χ4n) is 3.23. The van der Waals surface area contributed by atoms with Gasteiger partial charge in [-0.15, -0.1) is 0 Å². The summed E-state index contributed by atoms with van der Waals surface area (Å²) in [5, 5.41) is 0.819. The van der Waals surface area contributed by atoms with Crippen LogP contribution in [0.2, 0.25) is 5.02 Å². The number of piperazine rings is 1. The van der Waals surface area contributed by atoms with Crippen LogP contribution in [0.1, 0.15) is 25.0 Å². The summed E-state index contributed by atoms with van der Waals surface area (Å²) in [4.78, 5) is 5.01. The van der Waals surface area contributed by atoms with Gasteiger partial charge in [0.05, 0.1) is 6.54 Å². The molecule has 0 bridgehead atoms. The Morgan fingerprint density at radius 3 is 2.52 bits per heavy atom. The Hall–Kier alpha value is -1.35. The fourth-order valence-corrected chi connectivity index (χ4v) is 3.44. The van der Waals surface area contributed by atoms with Gasteiger partial charge >= 0.3 is 0 Å². The number of rotatable bonds is 4. The maximum Gasteiger partial charge on any atom is 0.0549 e. The lowest BCUT2D eigenvalue weighted by atomic mass is 10.1. The van der Waals surface area contributed by atoms with Crippen LogP contribution in [0.15, 0.2) is 54.6 Å². The van der Waals surface area contributed by atoms with Crippen LogP contribution < -0.4 is 0 Å². The molecule has 0 N–H and O–H groups in total. The average Bonchev–Trinajstić information content (AvgIpc) is 2.53. The second-order valence-electron chi connectivity index (χ2n) is 6.49. The standard InChI is InChI=1S/C20H24ClN2/c1-16-13-23(15-19-9-6-10-20(21)11-19)17(2)12-22(16)14-18-7-4-3-5-8-18/h3-11,14,16-17H,12-13,15H2,1-2H3/t16-,17+/m0/s1. The Morgan fingerprint density at radius 2 is 1.78 bits per heavy atom. The molecule has 0 amide bonds.